The maximum absolute atomic E-state index is 13.3. The Labute approximate surface area is 133 Å². The molecule has 2 saturated heterocycles. The molecule has 0 aromatic carbocycles. The van der Waals surface area contributed by atoms with E-state index in [0.717, 1.165) is 31.7 Å². The number of rotatable bonds is 6. The van der Waals surface area contributed by atoms with E-state index in [0.29, 0.717) is 6.54 Å². The number of hydrogen-bond acceptors (Lipinski definition) is 3. The van der Waals surface area contributed by atoms with Gasteiger partial charge in [0.15, 0.2) is 0 Å². The molecule has 1 saturated carbocycles. The van der Waals surface area contributed by atoms with Crippen molar-refractivity contribution in [1.82, 2.24) is 4.90 Å². The molecule has 122 valence electrons. The molecule has 2 aliphatic heterocycles. The Balaban J connectivity index is 2.00. The second kappa shape index (κ2) is 5.30. The van der Waals surface area contributed by atoms with E-state index in [1.165, 1.54) is 4.90 Å². The lowest BCUT2D eigenvalue weighted by Gasteiger charge is -2.45. The number of unbranched alkanes of at least 4 members (excludes halogenated alkanes) is 1. The normalized spacial score (nSPS) is 37.0. The van der Waals surface area contributed by atoms with Gasteiger partial charge in [-0.3, -0.25) is 14.5 Å². The lowest BCUT2D eigenvalue weighted by molar-refractivity contribution is -0.139. The SMILES string of the molecule is C=CCN1C(=O)C2CC3OC3CC2([Si](C)(C)CCCC)C1=O. The zero-order valence-electron chi connectivity index (χ0n) is 13.9. The van der Waals surface area contributed by atoms with Gasteiger partial charge in [-0.15, -0.1) is 6.58 Å². The molecule has 4 unspecified atom stereocenters. The molecule has 0 bridgehead atoms. The Morgan fingerprint density at radius 2 is 2.14 bits per heavy atom. The van der Waals surface area contributed by atoms with Crippen molar-refractivity contribution in [2.75, 3.05) is 6.54 Å². The van der Waals surface area contributed by atoms with Crippen LogP contribution in [0, 0.1) is 5.92 Å². The first-order valence-corrected chi connectivity index (χ1v) is 11.7. The van der Waals surface area contributed by atoms with E-state index in [1.807, 2.05) is 0 Å². The van der Waals surface area contributed by atoms with Crippen LogP contribution in [-0.2, 0) is 14.3 Å². The third kappa shape index (κ3) is 2.05. The lowest BCUT2D eigenvalue weighted by Crippen LogP contribution is -2.52. The van der Waals surface area contributed by atoms with Gasteiger partial charge >= 0.3 is 0 Å². The average Bonchev–Trinajstić information content (AvgIpc) is 3.21. The zero-order valence-corrected chi connectivity index (χ0v) is 14.9. The standard InChI is InChI=1S/C17H27NO3Si/c1-5-7-9-22(3,4)17-11-14-13(21-14)10-12(17)15(19)18(8-6-2)16(17)20/h6,12-14H,2,5,7-11H2,1,3-4H3. The number of nitrogens with zero attached hydrogens (tertiary/aromatic N) is 1. The summed E-state index contributed by atoms with van der Waals surface area (Å²) >= 11 is 0. The van der Waals surface area contributed by atoms with Crippen LogP contribution in [0.3, 0.4) is 0 Å². The van der Waals surface area contributed by atoms with Crippen LogP contribution in [0.1, 0.15) is 32.6 Å². The summed E-state index contributed by atoms with van der Waals surface area (Å²) in [6, 6.07) is 1.11. The Morgan fingerprint density at radius 1 is 1.41 bits per heavy atom. The van der Waals surface area contributed by atoms with Crippen LogP contribution in [0.2, 0.25) is 24.2 Å². The maximum atomic E-state index is 13.3. The van der Waals surface area contributed by atoms with Gasteiger partial charge in [-0.1, -0.05) is 45.0 Å². The fourth-order valence-electron chi connectivity index (χ4n) is 4.72. The third-order valence-corrected chi connectivity index (χ3v) is 10.9. The van der Waals surface area contributed by atoms with E-state index < -0.39 is 13.1 Å². The molecule has 3 fully saturated rings. The predicted octanol–water partition coefficient (Wildman–Crippen LogP) is 2.97. The van der Waals surface area contributed by atoms with Crippen molar-refractivity contribution in [3.63, 3.8) is 0 Å². The maximum Gasteiger partial charge on any atom is 0.233 e. The minimum atomic E-state index is -1.89. The topological polar surface area (TPSA) is 49.9 Å². The van der Waals surface area contributed by atoms with Gasteiger partial charge in [-0.25, -0.2) is 0 Å². The Bertz CT molecular complexity index is 518. The molecule has 0 aromatic rings. The zero-order chi connectivity index (χ0) is 16.1. The second-order valence-electron chi connectivity index (χ2n) is 7.71. The van der Waals surface area contributed by atoms with Crippen LogP contribution in [0.25, 0.3) is 0 Å². The minimum Gasteiger partial charge on any atom is -0.370 e. The van der Waals surface area contributed by atoms with E-state index in [-0.39, 0.29) is 29.9 Å². The number of carbonyl (C=O) groups is 2. The summed E-state index contributed by atoms with van der Waals surface area (Å²) in [6.45, 7) is 10.9. The van der Waals surface area contributed by atoms with Crippen LogP contribution >= 0.6 is 0 Å². The largest absolute Gasteiger partial charge is 0.370 e. The van der Waals surface area contributed by atoms with E-state index in [4.69, 9.17) is 4.74 Å². The summed E-state index contributed by atoms with van der Waals surface area (Å²) in [4.78, 5) is 27.6. The van der Waals surface area contributed by atoms with Crippen LogP contribution in [0.15, 0.2) is 12.7 Å². The molecule has 22 heavy (non-hydrogen) atoms. The van der Waals surface area contributed by atoms with Gasteiger partial charge in [0, 0.05) is 6.54 Å². The van der Waals surface area contributed by atoms with Crippen molar-refractivity contribution in [2.24, 2.45) is 5.92 Å². The first kappa shape index (κ1) is 15.9. The molecule has 0 radical (unpaired) electrons. The first-order chi connectivity index (χ1) is 10.4. The summed E-state index contributed by atoms with van der Waals surface area (Å²) in [5.74, 6) is -0.0535. The number of amides is 2. The molecule has 0 N–H and O–H groups in total. The number of carbonyl (C=O) groups excluding carboxylic acids is 2. The number of fused-ring (bicyclic) bond motifs is 2. The molecule has 0 spiro atoms. The van der Waals surface area contributed by atoms with E-state index in [9.17, 15) is 9.59 Å². The molecule has 3 aliphatic rings. The van der Waals surface area contributed by atoms with Crippen LogP contribution in [-0.4, -0.2) is 43.5 Å². The second-order valence-corrected chi connectivity index (χ2v) is 12.9. The quantitative estimate of drug-likeness (QED) is 0.327. The Kier molecular flexibility index (Phi) is 3.84. The molecular formula is C17H27NO3Si. The molecule has 2 amide bonds. The van der Waals surface area contributed by atoms with Crippen molar-refractivity contribution >= 4 is 19.9 Å². The summed E-state index contributed by atoms with van der Waals surface area (Å²) in [6.07, 6.45) is 5.89. The predicted molar refractivity (Wildman–Crippen MR) is 88.2 cm³/mol. The van der Waals surface area contributed by atoms with Crippen molar-refractivity contribution in [3.8, 4) is 0 Å². The molecule has 4 atom stereocenters. The number of ether oxygens (including phenoxy) is 1. The van der Waals surface area contributed by atoms with Gasteiger partial charge in [0.05, 0.1) is 31.2 Å². The van der Waals surface area contributed by atoms with Crippen molar-refractivity contribution in [1.29, 1.82) is 0 Å². The molecule has 5 heteroatoms. The van der Waals surface area contributed by atoms with Crippen LogP contribution in [0.4, 0.5) is 0 Å². The van der Waals surface area contributed by atoms with E-state index >= 15 is 0 Å². The summed E-state index contributed by atoms with van der Waals surface area (Å²) in [5.41, 5.74) is 0. The highest BCUT2D eigenvalue weighted by Crippen LogP contribution is 2.64. The highest BCUT2D eigenvalue weighted by Gasteiger charge is 2.71. The minimum absolute atomic E-state index is 0.0240. The fraction of sp³-hybridized carbons (Fsp3) is 0.765. The third-order valence-electron chi connectivity index (χ3n) is 6.14. The fourth-order valence-corrected chi connectivity index (χ4v) is 9.05. The monoisotopic (exact) mass is 321 g/mol. The number of epoxide rings is 1. The molecule has 3 rings (SSSR count). The molecule has 0 aromatic heterocycles. The Morgan fingerprint density at radius 3 is 2.77 bits per heavy atom. The van der Waals surface area contributed by atoms with Gasteiger partial charge in [-0.2, -0.15) is 0 Å². The van der Waals surface area contributed by atoms with Gasteiger partial charge in [0.2, 0.25) is 11.8 Å². The van der Waals surface area contributed by atoms with Crippen LogP contribution in [0.5, 0.6) is 0 Å². The summed E-state index contributed by atoms with van der Waals surface area (Å²) in [7, 11) is -1.89. The molecular weight excluding hydrogens is 294 g/mol. The van der Waals surface area contributed by atoms with Crippen molar-refractivity contribution in [2.45, 2.75) is 69.0 Å². The molecule has 2 heterocycles. The van der Waals surface area contributed by atoms with Gasteiger partial charge in [0.25, 0.3) is 0 Å². The van der Waals surface area contributed by atoms with Gasteiger partial charge in [0.1, 0.15) is 0 Å². The van der Waals surface area contributed by atoms with Crippen molar-refractivity contribution in [3.05, 3.63) is 12.7 Å². The average molecular weight is 321 g/mol. The highest BCUT2D eigenvalue weighted by molar-refractivity contribution is 6.84. The number of likely N-dealkylation sites (tertiary alicyclic amines) is 1. The summed E-state index contributed by atoms with van der Waals surface area (Å²) in [5, 5.41) is -0.445. The highest BCUT2D eigenvalue weighted by atomic mass is 28.3. The molecule has 1 aliphatic carbocycles. The smallest absolute Gasteiger partial charge is 0.233 e. The van der Waals surface area contributed by atoms with Gasteiger partial charge < -0.3 is 4.74 Å². The number of hydrogen-bond donors (Lipinski definition) is 0. The van der Waals surface area contributed by atoms with E-state index in [1.54, 1.807) is 6.08 Å². The van der Waals surface area contributed by atoms with E-state index in [2.05, 4.69) is 26.6 Å². The molecule has 4 nitrogen and oxygen atoms in total. The number of imide groups is 1. The van der Waals surface area contributed by atoms with Gasteiger partial charge in [-0.05, 0) is 12.8 Å². The Hall–Kier alpha value is -0.943. The first-order valence-electron chi connectivity index (χ1n) is 8.51. The van der Waals surface area contributed by atoms with Crippen LogP contribution < -0.4 is 0 Å². The van der Waals surface area contributed by atoms with Crippen molar-refractivity contribution < 1.29 is 14.3 Å². The lowest BCUT2D eigenvalue weighted by atomic mass is 9.80. The summed E-state index contributed by atoms with van der Waals surface area (Å²) < 4.78 is 5.71.